The molecular formula is C23H21FNO2P. The molecule has 0 spiro atoms. The Bertz CT molecular complexity index is 945. The van der Waals surface area contributed by atoms with Crippen molar-refractivity contribution in [3.63, 3.8) is 0 Å². The minimum atomic E-state index is -3.11. The van der Waals surface area contributed by atoms with E-state index in [0.29, 0.717) is 10.6 Å². The topological polar surface area (TPSA) is 37.4 Å². The molecular weight excluding hydrogens is 372 g/mol. The molecule has 0 aliphatic rings. The second-order valence-electron chi connectivity index (χ2n) is 6.42. The van der Waals surface area contributed by atoms with Crippen molar-refractivity contribution in [3.05, 3.63) is 109 Å². The first-order valence-corrected chi connectivity index (χ1v) is 10.8. The Hall–Kier alpha value is -2.97. The van der Waals surface area contributed by atoms with E-state index in [2.05, 4.69) is 6.58 Å². The van der Waals surface area contributed by atoms with E-state index in [-0.39, 0.29) is 24.6 Å². The van der Waals surface area contributed by atoms with Crippen molar-refractivity contribution in [2.24, 2.45) is 0 Å². The third-order valence-corrected chi connectivity index (χ3v) is 7.49. The van der Waals surface area contributed by atoms with Crippen LogP contribution in [0.1, 0.15) is 5.56 Å². The number of hydrogen-bond donors (Lipinski definition) is 0. The third-order valence-electron chi connectivity index (χ3n) is 4.49. The van der Waals surface area contributed by atoms with Gasteiger partial charge in [0.2, 0.25) is 5.91 Å². The number of halogens is 1. The lowest BCUT2D eigenvalue weighted by Gasteiger charge is -2.28. The van der Waals surface area contributed by atoms with E-state index in [4.69, 9.17) is 0 Å². The molecule has 0 aliphatic heterocycles. The third kappa shape index (κ3) is 4.47. The van der Waals surface area contributed by atoms with E-state index in [9.17, 15) is 13.8 Å². The fourth-order valence-corrected chi connectivity index (χ4v) is 5.68. The maximum absolute atomic E-state index is 14.2. The molecule has 0 heterocycles. The van der Waals surface area contributed by atoms with Gasteiger partial charge in [0.1, 0.15) is 5.82 Å². The lowest BCUT2D eigenvalue weighted by molar-refractivity contribution is -0.125. The maximum atomic E-state index is 14.2. The highest BCUT2D eigenvalue weighted by Gasteiger charge is 2.31. The minimum Gasteiger partial charge on any atom is -0.327 e. The van der Waals surface area contributed by atoms with Crippen molar-refractivity contribution in [2.75, 3.05) is 6.29 Å². The van der Waals surface area contributed by atoms with E-state index < -0.39 is 7.14 Å². The normalized spacial score (nSPS) is 11.0. The number of hydrogen-bond acceptors (Lipinski definition) is 2. The predicted octanol–water partition coefficient (Wildman–Crippen LogP) is 4.31. The highest BCUT2D eigenvalue weighted by molar-refractivity contribution is 7.78. The molecule has 142 valence electrons. The second kappa shape index (κ2) is 8.81. The summed E-state index contributed by atoms with van der Waals surface area (Å²) in [5.41, 5.74) is 0.754. The zero-order valence-electron chi connectivity index (χ0n) is 15.4. The van der Waals surface area contributed by atoms with Crippen LogP contribution in [0.3, 0.4) is 0 Å². The smallest absolute Gasteiger partial charge is 0.246 e. The number of amides is 1. The Balaban J connectivity index is 2.00. The fraction of sp³-hybridized carbons (Fsp3) is 0.0870. The van der Waals surface area contributed by atoms with Crippen LogP contribution in [0.4, 0.5) is 4.39 Å². The molecule has 0 saturated carbocycles. The number of benzene rings is 3. The Morgan fingerprint density at radius 2 is 1.39 bits per heavy atom. The SMILES string of the molecule is C=CC(=O)N(Cc1ccc(F)cc1)CP(=O)(c1ccccc1)c1ccccc1. The van der Waals surface area contributed by atoms with Crippen LogP contribution >= 0.6 is 7.14 Å². The molecule has 28 heavy (non-hydrogen) atoms. The van der Waals surface area contributed by atoms with Crippen molar-refractivity contribution in [1.29, 1.82) is 0 Å². The molecule has 0 N–H and O–H groups in total. The van der Waals surface area contributed by atoms with Crippen molar-refractivity contribution >= 4 is 23.7 Å². The zero-order chi connectivity index (χ0) is 20.0. The molecule has 3 rings (SSSR count). The molecule has 0 aliphatic carbocycles. The summed E-state index contributed by atoms with van der Waals surface area (Å²) in [5.74, 6) is -0.666. The first-order chi connectivity index (χ1) is 13.5. The Kier molecular flexibility index (Phi) is 6.23. The van der Waals surface area contributed by atoms with Crippen LogP contribution < -0.4 is 10.6 Å². The largest absolute Gasteiger partial charge is 0.327 e. The first kappa shape index (κ1) is 19.8. The van der Waals surface area contributed by atoms with Crippen LogP contribution in [0.2, 0.25) is 0 Å². The van der Waals surface area contributed by atoms with Crippen molar-refractivity contribution in [1.82, 2.24) is 4.90 Å². The number of carbonyl (C=O) groups excluding carboxylic acids is 1. The van der Waals surface area contributed by atoms with Crippen molar-refractivity contribution in [3.8, 4) is 0 Å². The van der Waals surface area contributed by atoms with E-state index in [1.54, 1.807) is 12.1 Å². The Labute approximate surface area is 164 Å². The Morgan fingerprint density at radius 3 is 1.86 bits per heavy atom. The molecule has 0 aromatic heterocycles. The van der Waals surface area contributed by atoms with Gasteiger partial charge in [-0.25, -0.2) is 4.39 Å². The summed E-state index contributed by atoms with van der Waals surface area (Å²) < 4.78 is 27.4. The number of carbonyl (C=O) groups is 1. The van der Waals surface area contributed by atoms with Gasteiger partial charge < -0.3 is 9.46 Å². The summed E-state index contributed by atoms with van der Waals surface area (Å²) >= 11 is 0. The van der Waals surface area contributed by atoms with Crippen LogP contribution in [0.25, 0.3) is 0 Å². The van der Waals surface area contributed by atoms with E-state index >= 15 is 0 Å². The molecule has 1 amide bonds. The van der Waals surface area contributed by atoms with Crippen molar-refractivity contribution in [2.45, 2.75) is 6.54 Å². The average Bonchev–Trinajstić information content (AvgIpc) is 2.75. The molecule has 0 saturated heterocycles. The van der Waals surface area contributed by atoms with Gasteiger partial charge in [-0.15, -0.1) is 0 Å². The van der Waals surface area contributed by atoms with Crippen LogP contribution in [-0.2, 0) is 15.9 Å². The monoisotopic (exact) mass is 393 g/mol. The first-order valence-electron chi connectivity index (χ1n) is 8.89. The van der Waals surface area contributed by atoms with Crippen LogP contribution in [0.15, 0.2) is 97.6 Å². The summed E-state index contributed by atoms with van der Waals surface area (Å²) in [6.07, 6.45) is 1.24. The molecule has 0 unspecified atom stereocenters. The molecule has 0 atom stereocenters. The quantitative estimate of drug-likeness (QED) is 0.443. The molecule has 3 aromatic carbocycles. The van der Waals surface area contributed by atoms with E-state index in [1.165, 1.54) is 23.1 Å². The summed E-state index contributed by atoms with van der Waals surface area (Å²) in [6, 6.07) is 24.3. The van der Waals surface area contributed by atoms with Crippen LogP contribution in [0, 0.1) is 5.82 Å². The van der Waals surface area contributed by atoms with Gasteiger partial charge in [-0.05, 0) is 23.8 Å². The standard InChI is InChI=1S/C23H21FNO2P/c1-2-23(26)25(17-19-13-15-20(24)16-14-19)18-28(27,21-9-5-3-6-10-21)22-11-7-4-8-12-22/h2-16H,1,17-18H2. The Morgan fingerprint density at radius 1 is 0.893 bits per heavy atom. The van der Waals surface area contributed by atoms with Crippen molar-refractivity contribution < 1.29 is 13.8 Å². The molecule has 3 nitrogen and oxygen atoms in total. The van der Waals surface area contributed by atoms with Gasteiger partial charge in [-0.1, -0.05) is 79.4 Å². The predicted molar refractivity (Wildman–Crippen MR) is 112 cm³/mol. The lowest BCUT2D eigenvalue weighted by atomic mass is 10.2. The summed E-state index contributed by atoms with van der Waals surface area (Å²) in [6.45, 7) is 3.79. The molecule has 0 fully saturated rings. The second-order valence-corrected chi connectivity index (χ2v) is 9.21. The zero-order valence-corrected chi connectivity index (χ0v) is 16.3. The summed E-state index contributed by atoms with van der Waals surface area (Å²) in [5, 5.41) is 1.37. The lowest BCUT2D eigenvalue weighted by Crippen LogP contribution is -2.34. The van der Waals surface area contributed by atoms with Gasteiger partial charge in [0, 0.05) is 17.2 Å². The van der Waals surface area contributed by atoms with Gasteiger partial charge in [0.05, 0.1) is 6.29 Å². The van der Waals surface area contributed by atoms with Crippen LogP contribution in [-0.4, -0.2) is 17.1 Å². The van der Waals surface area contributed by atoms with Gasteiger partial charge in [0.25, 0.3) is 0 Å². The highest BCUT2D eigenvalue weighted by Crippen LogP contribution is 2.44. The number of rotatable bonds is 7. The number of nitrogens with zero attached hydrogens (tertiary/aromatic N) is 1. The van der Waals surface area contributed by atoms with Gasteiger partial charge >= 0.3 is 0 Å². The van der Waals surface area contributed by atoms with E-state index in [1.807, 2.05) is 60.7 Å². The van der Waals surface area contributed by atoms with Gasteiger partial charge in [-0.3, -0.25) is 4.79 Å². The highest BCUT2D eigenvalue weighted by atomic mass is 31.2. The van der Waals surface area contributed by atoms with E-state index in [0.717, 1.165) is 5.56 Å². The van der Waals surface area contributed by atoms with Crippen LogP contribution in [0.5, 0.6) is 0 Å². The van der Waals surface area contributed by atoms with Gasteiger partial charge in [0.15, 0.2) is 7.14 Å². The average molecular weight is 393 g/mol. The summed E-state index contributed by atoms with van der Waals surface area (Å²) in [7, 11) is -3.11. The maximum Gasteiger partial charge on any atom is 0.246 e. The summed E-state index contributed by atoms with van der Waals surface area (Å²) in [4.78, 5) is 14.0. The minimum absolute atomic E-state index is 0.0310. The molecule has 5 heteroatoms. The molecule has 0 radical (unpaired) electrons. The molecule has 3 aromatic rings. The fourth-order valence-electron chi connectivity index (χ4n) is 3.03. The van der Waals surface area contributed by atoms with Gasteiger partial charge in [-0.2, -0.15) is 0 Å². The molecule has 0 bridgehead atoms.